The van der Waals surface area contributed by atoms with Crippen molar-refractivity contribution in [2.75, 3.05) is 13.2 Å². The molecule has 5 heteroatoms. The maximum atomic E-state index is 12.2. The third-order valence-electron chi connectivity index (χ3n) is 3.67. The molecule has 0 aromatic heterocycles. The van der Waals surface area contributed by atoms with E-state index in [1.165, 1.54) is 0 Å². The number of nitrogens with zero attached hydrogens (tertiary/aromatic N) is 1. The van der Waals surface area contributed by atoms with Gasteiger partial charge in [-0.05, 0) is 12.3 Å². The second-order valence-corrected chi connectivity index (χ2v) is 5.50. The lowest BCUT2D eigenvalue weighted by molar-refractivity contribution is -0.131. The molecule has 2 fully saturated rings. The number of carbonyl (C=O) groups is 1. The maximum absolute atomic E-state index is 12.2. The highest BCUT2D eigenvalue weighted by atomic mass is 16.5. The molecule has 0 radical (unpaired) electrons. The number of carbonyl (C=O) groups excluding carboxylic acids is 1. The van der Waals surface area contributed by atoms with Gasteiger partial charge in [0.05, 0.1) is 6.10 Å². The number of amides is 1. The number of hydrogen-bond acceptors (Lipinski definition) is 3. The van der Waals surface area contributed by atoms with Crippen molar-refractivity contribution in [1.82, 2.24) is 10.6 Å². The van der Waals surface area contributed by atoms with Crippen molar-refractivity contribution in [3.05, 3.63) is 0 Å². The number of guanidine groups is 1. The first kappa shape index (κ1) is 13.3. The van der Waals surface area contributed by atoms with Gasteiger partial charge >= 0.3 is 0 Å². The van der Waals surface area contributed by atoms with Gasteiger partial charge in [0.1, 0.15) is 5.54 Å². The van der Waals surface area contributed by atoms with Crippen molar-refractivity contribution >= 4 is 11.9 Å². The summed E-state index contributed by atoms with van der Waals surface area (Å²) < 4.78 is 5.73. The molecule has 2 N–H and O–H groups in total. The first-order chi connectivity index (χ1) is 8.57. The van der Waals surface area contributed by atoms with Crippen molar-refractivity contribution in [3.63, 3.8) is 0 Å². The Morgan fingerprint density at radius 2 is 2.33 bits per heavy atom. The minimum Gasteiger partial charge on any atom is -0.378 e. The minimum absolute atomic E-state index is 0.0475. The molecule has 0 aromatic carbocycles. The number of aliphatic imine (C=N–C) groups is 1. The van der Waals surface area contributed by atoms with Crippen LogP contribution < -0.4 is 10.6 Å². The summed E-state index contributed by atoms with van der Waals surface area (Å²) in [6, 6.07) is 0. The number of hydrogen-bond donors (Lipinski definition) is 2. The molecule has 2 aliphatic rings. The zero-order valence-electron chi connectivity index (χ0n) is 11.5. The van der Waals surface area contributed by atoms with E-state index in [1.807, 2.05) is 0 Å². The van der Waals surface area contributed by atoms with E-state index in [4.69, 9.17) is 4.74 Å². The molecule has 1 spiro atoms. The molecule has 2 atom stereocenters. The predicted octanol–water partition coefficient (Wildman–Crippen LogP) is 1.05. The van der Waals surface area contributed by atoms with Crippen LogP contribution in [0.25, 0.3) is 0 Å². The van der Waals surface area contributed by atoms with Gasteiger partial charge in [0.2, 0.25) is 0 Å². The van der Waals surface area contributed by atoms with E-state index in [0.29, 0.717) is 24.9 Å². The van der Waals surface area contributed by atoms with Gasteiger partial charge in [0.15, 0.2) is 5.96 Å². The smallest absolute Gasteiger partial charge is 0.252 e. The Balaban J connectivity index is 2.09. The van der Waals surface area contributed by atoms with Gasteiger partial charge < -0.3 is 10.1 Å². The Morgan fingerprint density at radius 3 is 3.00 bits per heavy atom. The quantitative estimate of drug-likeness (QED) is 0.790. The topological polar surface area (TPSA) is 62.7 Å². The van der Waals surface area contributed by atoms with E-state index in [2.05, 4.69) is 36.4 Å². The predicted molar refractivity (Wildman–Crippen MR) is 70.4 cm³/mol. The van der Waals surface area contributed by atoms with Crippen LogP contribution in [0.2, 0.25) is 0 Å². The van der Waals surface area contributed by atoms with E-state index in [0.717, 1.165) is 19.4 Å². The van der Waals surface area contributed by atoms with Crippen molar-refractivity contribution in [3.8, 4) is 0 Å². The zero-order chi connectivity index (χ0) is 13.2. The Labute approximate surface area is 108 Å². The lowest BCUT2D eigenvalue weighted by atomic mass is 9.83. The summed E-state index contributed by atoms with van der Waals surface area (Å²) in [6.07, 6.45) is 2.56. The zero-order valence-corrected chi connectivity index (χ0v) is 11.5. The SMILES string of the molecule is CCCN=C1NC(=O)C2(CCOC(C(C)C)C2)N1. The largest absolute Gasteiger partial charge is 0.378 e. The summed E-state index contributed by atoms with van der Waals surface area (Å²) in [7, 11) is 0. The van der Waals surface area contributed by atoms with Crippen LogP contribution in [0.15, 0.2) is 4.99 Å². The van der Waals surface area contributed by atoms with Crippen LogP contribution in [-0.4, -0.2) is 36.7 Å². The van der Waals surface area contributed by atoms with Crippen LogP contribution in [-0.2, 0) is 9.53 Å². The Hall–Kier alpha value is -1.10. The maximum Gasteiger partial charge on any atom is 0.252 e. The van der Waals surface area contributed by atoms with E-state index in [1.54, 1.807) is 0 Å². The highest BCUT2D eigenvalue weighted by Crippen LogP contribution is 2.30. The summed E-state index contributed by atoms with van der Waals surface area (Å²) in [5.41, 5.74) is -0.500. The minimum atomic E-state index is -0.500. The molecule has 5 nitrogen and oxygen atoms in total. The Kier molecular flexibility index (Phi) is 3.90. The Bertz CT molecular complexity index is 354. The molecule has 0 aromatic rings. The second-order valence-electron chi connectivity index (χ2n) is 5.50. The molecule has 2 rings (SSSR count). The fourth-order valence-electron chi connectivity index (χ4n) is 2.48. The standard InChI is InChI=1S/C13H23N3O2/c1-4-6-14-12-15-11(17)13(16-12)5-7-18-10(8-13)9(2)3/h9-10H,4-8H2,1-3H3,(H2,14,15,16,17). The van der Waals surface area contributed by atoms with Crippen molar-refractivity contribution in [2.24, 2.45) is 10.9 Å². The van der Waals surface area contributed by atoms with Crippen LogP contribution in [0.5, 0.6) is 0 Å². The Morgan fingerprint density at radius 1 is 1.56 bits per heavy atom. The third kappa shape index (κ3) is 2.51. The number of rotatable bonds is 3. The van der Waals surface area contributed by atoms with Crippen LogP contribution in [0, 0.1) is 5.92 Å². The molecular weight excluding hydrogens is 230 g/mol. The molecule has 18 heavy (non-hydrogen) atoms. The van der Waals surface area contributed by atoms with Gasteiger partial charge in [-0.2, -0.15) is 0 Å². The summed E-state index contributed by atoms with van der Waals surface area (Å²) in [4.78, 5) is 16.5. The van der Waals surface area contributed by atoms with Crippen LogP contribution >= 0.6 is 0 Å². The van der Waals surface area contributed by atoms with E-state index in [-0.39, 0.29) is 12.0 Å². The van der Waals surface area contributed by atoms with Gasteiger partial charge in [-0.3, -0.25) is 15.1 Å². The van der Waals surface area contributed by atoms with Gasteiger partial charge in [-0.25, -0.2) is 0 Å². The van der Waals surface area contributed by atoms with Crippen molar-refractivity contribution in [1.29, 1.82) is 0 Å². The lowest BCUT2D eigenvalue weighted by Crippen LogP contribution is -2.54. The molecule has 2 unspecified atom stereocenters. The summed E-state index contributed by atoms with van der Waals surface area (Å²) in [5, 5.41) is 6.14. The lowest BCUT2D eigenvalue weighted by Gasteiger charge is -2.37. The van der Waals surface area contributed by atoms with Gasteiger partial charge in [-0.1, -0.05) is 20.8 Å². The molecule has 2 aliphatic heterocycles. The second kappa shape index (κ2) is 5.26. The number of nitrogens with one attached hydrogen (secondary N) is 2. The first-order valence-electron chi connectivity index (χ1n) is 6.83. The van der Waals surface area contributed by atoms with Gasteiger partial charge in [-0.15, -0.1) is 0 Å². The van der Waals surface area contributed by atoms with Gasteiger partial charge in [0.25, 0.3) is 5.91 Å². The molecule has 0 saturated carbocycles. The molecule has 1 amide bonds. The molecule has 0 aliphatic carbocycles. The van der Waals surface area contributed by atoms with Gasteiger partial charge in [0, 0.05) is 26.0 Å². The fraction of sp³-hybridized carbons (Fsp3) is 0.846. The third-order valence-corrected chi connectivity index (χ3v) is 3.67. The molecule has 0 bridgehead atoms. The highest BCUT2D eigenvalue weighted by molar-refractivity contribution is 6.09. The summed E-state index contributed by atoms with van der Waals surface area (Å²) in [6.45, 7) is 7.69. The highest BCUT2D eigenvalue weighted by Gasteiger charge is 2.49. The average molecular weight is 253 g/mol. The summed E-state index contributed by atoms with van der Waals surface area (Å²) >= 11 is 0. The molecule has 102 valence electrons. The molecule has 2 saturated heterocycles. The number of ether oxygens (including phenoxy) is 1. The average Bonchev–Trinajstić information content (AvgIpc) is 2.63. The van der Waals surface area contributed by atoms with Crippen molar-refractivity contribution < 1.29 is 9.53 Å². The van der Waals surface area contributed by atoms with E-state index < -0.39 is 5.54 Å². The van der Waals surface area contributed by atoms with Crippen molar-refractivity contribution in [2.45, 2.75) is 51.7 Å². The van der Waals surface area contributed by atoms with Crippen LogP contribution in [0.3, 0.4) is 0 Å². The monoisotopic (exact) mass is 253 g/mol. The van der Waals surface area contributed by atoms with E-state index >= 15 is 0 Å². The first-order valence-corrected chi connectivity index (χ1v) is 6.83. The fourth-order valence-corrected chi connectivity index (χ4v) is 2.48. The van der Waals surface area contributed by atoms with Crippen LogP contribution in [0.4, 0.5) is 0 Å². The molecular formula is C13H23N3O2. The normalized spacial score (nSPS) is 34.1. The summed E-state index contributed by atoms with van der Waals surface area (Å²) in [5.74, 6) is 1.10. The van der Waals surface area contributed by atoms with E-state index in [9.17, 15) is 4.79 Å². The van der Waals surface area contributed by atoms with Crippen LogP contribution in [0.1, 0.15) is 40.0 Å². The molecule has 2 heterocycles.